The van der Waals surface area contributed by atoms with Crippen molar-refractivity contribution in [2.45, 2.75) is 18.7 Å². The molecule has 3 aromatic rings. The average Bonchev–Trinajstić information content (AvgIpc) is 2.80. The van der Waals surface area contributed by atoms with Gasteiger partial charge in [0.15, 0.2) is 0 Å². The molecule has 33 heavy (non-hydrogen) atoms. The molecule has 10 heteroatoms. The van der Waals surface area contributed by atoms with Gasteiger partial charge in [-0.1, -0.05) is 42.5 Å². The van der Waals surface area contributed by atoms with E-state index >= 15 is 0 Å². The maximum absolute atomic E-state index is 13.4. The van der Waals surface area contributed by atoms with E-state index in [0.29, 0.717) is 11.3 Å². The molecule has 0 radical (unpaired) electrons. The summed E-state index contributed by atoms with van der Waals surface area (Å²) in [6, 6.07) is 18.9. The molecule has 170 valence electrons. The fourth-order valence-corrected chi connectivity index (χ4v) is 4.63. The number of para-hydroxylation sites is 1. The van der Waals surface area contributed by atoms with E-state index in [9.17, 15) is 23.3 Å². The predicted octanol–water partition coefficient (Wildman–Crippen LogP) is 3.56. The number of rotatable bonds is 8. The monoisotopic (exact) mass is 466 g/mol. The highest BCUT2D eigenvalue weighted by molar-refractivity contribution is 7.92. The minimum absolute atomic E-state index is 0.0436. The topological polar surface area (TPSA) is 122 Å². The second-order valence-corrected chi connectivity index (χ2v) is 9.02. The lowest BCUT2D eigenvalue weighted by Gasteiger charge is -2.26. The third-order valence-corrected chi connectivity index (χ3v) is 6.76. The predicted molar refractivity (Wildman–Crippen MR) is 126 cm³/mol. The molecule has 3 aromatic carbocycles. The largest absolute Gasteiger partial charge is 0.278 e. The number of hydrogen-bond donors (Lipinski definition) is 1. The highest BCUT2D eigenvalue weighted by atomic mass is 32.2. The highest BCUT2D eigenvalue weighted by Gasteiger charge is 2.28. The van der Waals surface area contributed by atoms with Crippen molar-refractivity contribution in [3.63, 3.8) is 0 Å². The molecule has 0 fully saturated rings. The third kappa shape index (κ3) is 5.42. The zero-order chi connectivity index (χ0) is 24.0. The number of amides is 1. The van der Waals surface area contributed by atoms with E-state index < -0.39 is 27.4 Å². The second kappa shape index (κ2) is 10.0. The van der Waals surface area contributed by atoms with Gasteiger partial charge in [-0.2, -0.15) is 5.10 Å². The van der Waals surface area contributed by atoms with E-state index in [0.717, 1.165) is 16.1 Å². The van der Waals surface area contributed by atoms with Gasteiger partial charge in [0.05, 0.1) is 27.3 Å². The lowest BCUT2D eigenvalue weighted by atomic mass is 10.1. The van der Waals surface area contributed by atoms with Crippen LogP contribution in [0.15, 0.2) is 82.8 Å². The SMILES string of the molecule is Cc1cccc(N(CC(=O)N/N=C\c2ccccc2[N+](=O)[O-])S(=O)(=O)c2ccccc2)c1C. The number of nitrogens with zero attached hydrogens (tertiary/aromatic N) is 3. The summed E-state index contributed by atoms with van der Waals surface area (Å²) in [5.74, 6) is -0.703. The Bertz CT molecular complexity index is 1310. The normalized spacial score (nSPS) is 11.3. The molecule has 0 aliphatic heterocycles. The van der Waals surface area contributed by atoms with Crippen LogP contribution in [0.4, 0.5) is 11.4 Å². The fourth-order valence-electron chi connectivity index (χ4n) is 3.13. The molecule has 0 aliphatic carbocycles. The van der Waals surface area contributed by atoms with Gasteiger partial charge in [0, 0.05) is 6.07 Å². The number of carbonyl (C=O) groups excluding carboxylic acids is 1. The minimum atomic E-state index is -4.05. The summed E-state index contributed by atoms with van der Waals surface area (Å²) >= 11 is 0. The molecule has 9 nitrogen and oxygen atoms in total. The molecule has 0 heterocycles. The maximum atomic E-state index is 13.4. The van der Waals surface area contributed by atoms with Gasteiger partial charge in [0.25, 0.3) is 21.6 Å². The first-order chi connectivity index (χ1) is 15.7. The van der Waals surface area contributed by atoms with Crippen LogP contribution in [0.5, 0.6) is 0 Å². The van der Waals surface area contributed by atoms with E-state index in [1.807, 2.05) is 13.0 Å². The van der Waals surface area contributed by atoms with Gasteiger partial charge >= 0.3 is 0 Å². The number of anilines is 1. The Balaban J connectivity index is 1.89. The minimum Gasteiger partial charge on any atom is -0.271 e. The molecule has 0 saturated carbocycles. The quantitative estimate of drug-likeness (QED) is 0.309. The van der Waals surface area contributed by atoms with Gasteiger partial charge in [-0.3, -0.25) is 19.2 Å². The van der Waals surface area contributed by atoms with E-state index in [1.54, 1.807) is 43.3 Å². The molecule has 0 atom stereocenters. The van der Waals surface area contributed by atoms with Gasteiger partial charge in [-0.15, -0.1) is 0 Å². The number of sulfonamides is 1. The Hall–Kier alpha value is -4.05. The van der Waals surface area contributed by atoms with Crippen molar-refractivity contribution in [2.24, 2.45) is 5.10 Å². The molecule has 0 aromatic heterocycles. The van der Waals surface area contributed by atoms with Crippen molar-refractivity contribution in [3.8, 4) is 0 Å². The standard InChI is InChI=1S/C23H22N4O5S/c1-17-9-8-14-21(18(17)2)26(33(31,32)20-11-4-3-5-12-20)16-23(28)25-24-15-19-10-6-7-13-22(19)27(29)30/h3-15H,16H2,1-2H3,(H,25,28)/b24-15-. The Labute approximate surface area is 191 Å². The Morgan fingerprint density at radius 3 is 2.39 bits per heavy atom. The molecular formula is C23H22N4O5S. The van der Waals surface area contributed by atoms with Gasteiger partial charge < -0.3 is 0 Å². The second-order valence-electron chi connectivity index (χ2n) is 7.15. The first-order valence-corrected chi connectivity index (χ1v) is 11.3. The molecule has 0 spiro atoms. The lowest BCUT2D eigenvalue weighted by Crippen LogP contribution is -2.40. The van der Waals surface area contributed by atoms with Gasteiger partial charge in [0.1, 0.15) is 6.54 Å². The molecule has 1 N–H and O–H groups in total. The zero-order valence-electron chi connectivity index (χ0n) is 18.0. The molecule has 0 unspecified atom stereocenters. The number of nitrogens with one attached hydrogen (secondary N) is 1. The Kier molecular flexibility index (Phi) is 7.19. The fraction of sp³-hybridized carbons (Fsp3) is 0.130. The van der Waals surface area contributed by atoms with Crippen LogP contribution in [0.1, 0.15) is 16.7 Å². The van der Waals surface area contributed by atoms with E-state index in [-0.39, 0.29) is 16.1 Å². The third-order valence-electron chi connectivity index (χ3n) is 4.99. The molecule has 3 rings (SSSR count). The summed E-state index contributed by atoms with van der Waals surface area (Å²) in [6.07, 6.45) is 1.14. The summed E-state index contributed by atoms with van der Waals surface area (Å²) in [5.41, 5.74) is 4.25. The Morgan fingerprint density at radius 2 is 1.70 bits per heavy atom. The summed E-state index contributed by atoms with van der Waals surface area (Å²) in [4.78, 5) is 23.2. The van der Waals surface area contributed by atoms with Crippen LogP contribution >= 0.6 is 0 Å². The number of carbonyl (C=O) groups is 1. The maximum Gasteiger partial charge on any atom is 0.278 e. The summed E-state index contributed by atoms with van der Waals surface area (Å²) < 4.78 is 27.8. The van der Waals surface area contributed by atoms with Crippen LogP contribution in [0.3, 0.4) is 0 Å². The summed E-state index contributed by atoms with van der Waals surface area (Å²) in [6.45, 7) is 3.10. The van der Waals surface area contributed by atoms with Crippen molar-refractivity contribution in [1.29, 1.82) is 0 Å². The van der Waals surface area contributed by atoms with Crippen molar-refractivity contribution < 1.29 is 18.1 Å². The van der Waals surface area contributed by atoms with Crippen LogP contribution in [0, 0.1) is 24.0 Å². The van der Waals surface area contributed by atoms with Gasteiger partial charge in [-0.05, 0) is 49.2 Å². The number of hydrazone groups is 1. The van der Waals surface area contributed by atoms with Crippen LogP contribution in [-0.2, 0) is 14.8 Å². The smallest absolute Gasteiger partial charge is 0.271 e. The van der Waals surface area contributed by atoms with Gasteiger partial charge in [-0.25, -0.2) is 13.8 Å². The number of aryl methyl sites for hydroxylation is 1. The summed E-state index contributed by atoms with van der Waals surface area (Å²) in [5, 5.41) is 14.9. The van der Waals surface area contributed by atoms with E-state index in [1.165, 1.54) is 30.3 Å². The molecule has 0 saturated heterocycles. The van der Waals surface area contributed by atoms with E-state index in [4.69, 9.17) is 0 Å². The first-order valence-electron chi connectivity index (χ1n) is 9.91. The van der Waals surface area contributed by atoms with Crippen LogP contribution in [0.25, 0.3) is 0 Å². The molecule has 1 amide bonds. The van der Waals surface area contributed by atoms with Gasteiger partial charge in [0.2, 0.25) is 0 Å². The van der Waals surface area contributed by atoms with Crippen molar-refractivity contribution in [1.82, 2.24) is 5.43 Å². The first kappa shape index (κ1) is 23.6. The van der Waals surface area contributed by atoms with Crippen molar-refractivity contribution >= 4 is 33.5 Å². The molecular weight excluding hydrogens is 444 g/mol. The summed E-state index contributed by atoms with van der Waals surface area (Å²) in [7, 11) is -4.05. The number of benzene rings is 3. The number of nitro groups is 1. The van der Waals surface area contributed by atoms with Crippen molar-refractivity contribution in [2.75, 3.05) is 10.8 Å². The molecule has 0 bridgehead atoms. The molecule has 0 aliphatic rings. The number of nitro benzene ring substituents is 1. The zero-order valence-corrected chi connectivity index (χ0v) is 18.8. The number of hydrogen-bond acceptors (Lipinski definition) is 6. The average molecular weight is 467 g/mol. The van der Waals surface area contributed by atoms with E-state index in [2.05, 4.69) is 10.5 Å². The highest BCUT2D eigenvalue weighted by Crippen LogP contribution is 2.28. The van der Waals surface area contributed by atoms with Crippen LogP contribution in [-0.4, -0.2) is 32.0 Å². The van der Waals surface area contributed by atoms with Crippen LogP contribution in [0.2, 0.25) is 0 Å². The lowest BCUT2D eigenvalue weighted by molar-refractivity contribution is -0.385. The van der Waals surface area contributed by atoms with Crippen LogP contribution < -0.4 is 9.73 Å². The Morgan fingerprint density at radius 1 is 1.03 bits per heavy atom. The van der Waals surface area contributed by atoms with Crippen molar-refractivity contribution in [3.05, 3.63) is 99.6 Å².